The van der Waals surface area contributed by atoms with E-state index in [0.717, 1.165) is 36.0 Å². The zero-order valence-electron chi connectivity index (χ0n) is 25.2. The van der Waals surface area contributed by atoms with Crippen molar-refractivity contribution < 1.29 is 13.3 Å². The van der Waals surface area contributed by atoms with Crippen LogP contribution in [0.3, 0.4) is 0 Å². The van der Waals surface area contributed by atoms with E-state index >= 15 is 0 Å². The first kappa shape index (κ1) is 28.1. The fraction of sp³-hybridized carbons (Fsp3) is 0.167. The summed E-state index contributed by atoms with van der Waals surface area (Å²) in [7, 11) is 0. The Morgan fingerprint density at radius 2 is 0.556 bits per heavy atom. The van der Waals surface area contributed by atoms with Gasteiger partial charge in [0.05, 0.1) is 0 Å². The number of hydrogen-bond donors (Lipinski definition) is 0. The lowest BCUT2D eigenvalue weighted by Crippen LogP contribution is -1.87. The smallest absolute Gasteiger partial charge is 0.248 e. The highest BCUT2D eigenvalue weighted by atomic mass is 16.4. The Morgan fingerprint density at radius 1 is 0.333 bits per heavy atom. The Labute approximate surface area is 260 Å². The van der Waals surface area contributed by atoms with Crippen LogP contribution in [0.25, 0.3) is 68.7 Å². The quantitative estimate of drug-likeness (QED) is 0.162. The summed E-state index contributed by atoms with van der Waals surface area (Å²) in [5.41, 5.74) is 8.15. The average molecular weight is 595 g/mol. The SMILES string of the molecule is CCc1ccc(-c2nnc(-c3cc(-c4nnc(-c5ccc(CC)cc5)o4)cc(-c4nnc(-c5ccc(CC)cc5)o4)c3)o2)cc1. The first-order valence-electron chi connectivity index (χ1n) is 15.0. The fourth-order valence-corrected chi connectivity index (χ4v) is 5.02. The summed E-state index contributed by atoms with van der Waals surface area (Å²) >= 11 is 0. The second-order valence-electron chi connectivity index (χ2n) is 10.7. The highest BCUT2D eigenvalue weighted by Gasteiger charge is 2.20. The molecule has 45 heavy (non-hydrogen) atoms. The van der Waals surface area contributed by atoms with Crippen molar-refractivity contribution in [2.45, 2.75) is 40.0 Å². The van der Waals surface area contributed by atoms with Crippen LogP contribution >= 0.6 is 0 Å². The molecule has 4 aromatic carbocycles. The summed E-state index contributed by atoms with van der Waals surface area (Å²) in [6, 6.07) is 29.9. The molecule has 0 spiro atoms. The third-order valence-corrected chi connectivity index (χ3v) is 7.78. The lowest BCUT2D eigenvalue weighted by atomic mass is 10.1. The lowest BCUT2D eigenvalue weighted by molar-refractivity contribution is 0.580. The van der Waals surface area contributed by atoms with Gasteiger partial charge in [-0.15, -0.1) is 30.6 Å². The molecule has 0 fully saturated rings. The third-order valence-electron chi connectivity index (χ3n) is 7.78. The van der Waals surface area contributed by atoms with Crippen molar-refractivity contribution >= 4 is 0 Å². The molecule has 9 heteroatoms. The highest BCUT2D eigenvalue weighted by Crippen LogP contribution is 2.34. The van der Waals surface area contributed by atoms with Crippen LogP contribution in [-0.2, 0) is 19.3 Å². The first-order valence-corrected chi connectivity index (χ1v) is 15.0. The predicted molar refractivity (Wildman–Crippen MR) is 171 cm³/mol. The predicted octanol–water partition coefficient (Wildman–Crippen LogP) is 8.52. The van der Waals surface area contributed by atoms with Crippen LogP contribution in [0.4, 0.5) is 0 Å². The number of rotatable bonds is 9. The van der Waals surface area contributed by atoms with Crippen molar-refractivity contribution in [1.82, 2.24) is 30.6 Å². The summed E-state index contributed by atoms with van der Waals surface area (Å²) in [6.07, 6.45) is 2.86. The van der Waals surface area contributed by atoms with E-state index in [1.54, 1.807) is 0 Å². The molecule has 222 valence electrons. The van der Waals surface area contributed by atoms with Gasteiger partial charge >= 0.3 is 0 Å². The second-order valence-corrected chi connectivity index (χ2v) is 10.7. The van der Waals surface area contributed by atoms with Gasteiger partial charge in [0.1, 0.15) is 0 Å². The van der Waals surface area contributed by atoms with E-state index in [4.69, 9.17) is 13.3 Å². The minimum Gasteiger partial charge on any atom is -0.416 e. The largest absolute Gasteiger partial charge is 0.416 e. The van der Waals surface area contributed by atoms with Gasteiger partial charge in [-0.2, -0.15) is 0 Å². The van der Waals surface area contributed by atoms with E-state index in [1.165, 1.54) is 16.7 Å². The Balaban J connectivity index is 1.28. The summed E-state index contributed by atoms with van der Waals surface area (Å²) in [4.78, 5) is 0. The Morgan fingerprint density at radius 3 is 0.778 bits per heavy atom. The van der Waals surface area contributed by atoms with E-state index in [9.17, 15) is 0 Å². The van der Waals surface area contributed by atoms with Gasteiger partial charge in [-0.25, -0.2) is 0 Å². The molecule has 0 saturated carbocycles. The maximum absolute atomic E-state index is 6.15. The van der Waals surface area contributed by atoms with Crippen LogP contribution in [0.15, 0.2) is 104 Å². The maximum atomic E-state index is 6.15. The molecule has 0 aliphatic carbocycles. The van der Waals surface area contributed by atoms with Gasteiger partial charge < -0.3 is 13.3 Å². The average Bonchev–Trinajstić information content (AvgIpc) is 3.90. The summed E-state index contributed by atoms with van der Waals surface area (Å²) in [6.45, 7) is 6.35. The van der Waals surface area contributed by atoms with E-state index in [2.05, 4.69) is 87.8 Å². The first-order chi connectivity index (χ1) is 22.1. The normalized spacial score (nSPS) is 11.3. The fourth-order valence-electron chi connectivity index (χ4n) is 5.02. The molecule has 0 radical (unpaired) electrons. The van der Waals surface area contributed by atoms with Crippen molar-refractivity contribution in [2.24, 2.45) is 0 Å². The number of nitrogens with zero attached hydrogens (tertiary/aromatic N) is 6. The molecule has 0 amide bonds. The summed E-state index contributed by atoms with van der Waals surface area (Å²) < 4.78 is 18.4. The van der Waals surface area contributed by atoms with Gasteiger partial charge in [0, 0.05) is 33.4 Å². The molecule has 0 N–H and O–H groups in total. The molecular formula is C36H30N6O3. The van der Waals surface area contributed by atoms with Crippen LogP contribution in [0.1, 0.15) is 37.5 Å². The standard InChI is InChI=1S/C36H30N6O3/c1-4-22-7-13-25(14-8-22)31-37-40-34(43-31)28-19-29(35-41-38-32(44-35)26-15-9-23(5-2)10-16-26)21-30(20-28)36-42-39-33(45-36)27-17-11-24(6-3)12-18-27/h7-21H,4-6H2,1-3H3. The van der Waals surface area contributed by atoms with Crippen LogP contribution in [0.2, 0.25) is 0 Å². The maximum Gasteiger partial charge on any atom is 0.248 e. The topological polar surface area (TPSA) is 117 Å². The highest BCUT2D eigenvalue weighted by molar-refractivity contribution is 5.74. The van der Waals surface area contributed by atoms with E-state index in [-0.39, 0.29) is 0 Å². The molecule has 0 atom stereocenters. The molecule has 7 aromatic rings. The van der Waals surface area contributed by atoms with Crippen molar-refractivity contribution in [1.29, 1.82) is 0 Å². The van der Waals surface area contributed by atoms with Crippen molar-refractivity contribution in [3.8, 4) is 68.7 Å². The molecule has 3 aromatic heterocycles. The molecule has 3 heterocycles. The minimum atomic E-state index is 0.331. The van der Waals surface area contributed by atoms with Crippen molar-refractivity contribution in [2.75, 3.05) is 0 Å². The van der Waals surface area contributed by atoms with Gasteiger partial charge in [0.25, 0.3) is 0 Å². The Bertz CT molecular complexity index is 1810. The minimum absolute atomic E-state index is 0.331. The molecule has 0 bridgehead atoms. The summed E-state index contributed by atoms with van der Waals surface area (Å²) in [5.74, 6) is 2.26. The number of aromatic nitrogens is 6. The summed E-state index contributed by atoms with van der Waals surface area (Å²) in [5, 5.41) is 26.0. The Hall–Kier alpha value is -5.70. The lowest BCUT2D eigenvalue weighted by Gasteiger charge is -2.04. The van der Waals surface area contributed by atoms with Gasteiger partial charge in [-0.3, -0.25) is 0 Å². The van der Waals surface area contributed by atoms with Crippen LogP contribution in [0, 0.1) is 0 Å². The van der Waals surface area contributed by atoms with Crippen LogP contribution in [-0.4, -0.2) is 30.6 Å². The molecule has 0 unspecified atom stereocenters. The molecule has 7 rings (SSSR count). The molecule has 0 aliphatic heterocycles. The molecule has 0 aliphatic rings. The van der Waals surface area contributed by atoms with Gasteiger partial charge in [-0.05, 0) is 90.6 Å². The zero-order chi connectivity index (χ0) is 30.8. The van der Waals surface area contributed by atoms with Gasteiger partial charge in [-0.1, -0.05) is 57.2 Å². The molecule has 9 nitrogen and oxygen atoms in total. The zero-order valence-corrected chi connectivity index (χ0v) is 25.2. The number of benzene rings is 4. The third kappa shape index (κ3) is 5.80. The molecular weight excluding hydrogens is 564 g/mol. The van der Waals surface area contributed by atoms with Crippen molar-refractivity contribution in [3.05, 3.63) is 108 Å². The number of aryl methyl sites for hydroxylation is 3. The Kier molecular flexibility index (Phi) is 7.57. The van der Waals surface area contributed by atoms with Gasteiger partial charge in [0.15, 0.2) is 0 Å². The van der Waals surface area contributed by atoms with Crippen LogP contribution in [0.5, 0.6) is 0 Å². The monoisotopic (exact) mass is 594 g/mol. The van der Waals surface area contributed by atoms with E-state index < -0.39 is 0 Å². The van der Waals surface area contributed by atoms with Gasteiger partial charge in [0.2, 0.25) is 35.3 Å². The van der Waals surface area contributed by atoms with Crippen molar-refractivity contribution in [3.63, 3.8) is 0 Å². The molecule has 0 saturated heterocycles. The van der Waals surface area contributed by atoms with Crippen LogP contribution < -0.4 is 0 Å². The number of hydrogen-bond acceptors (Lipinski definition) is 9. The van der Waals surface area contributed by atoms with E-state index in [0.29, 0.717) is 52.0 Å². The second kappa shape index (κ2) is 12.1. The van der Waals surface area contributed by atoms with E-state index in [1.807, 2.05) is 54.6 Å².